The number of hydrogen-bond acceptors (Lipinski definition) is 7. The van der Waals surface area contributed by atoms with Crippen molar-refractivity contribution in [2.45, 2.75) is 10.1 Å². The Morgan fingerprint density at radius 3 is 2.86 bits per heavy atom. The van der Waals surface area contributed by atoms with E-state index in [0.29, 0.717) is 15.7 Å². The lowest BCUT2D eigenvalue weighted by Gasteiger charge is -2.05. The average Bonchev–Trinajstić information content (AvgIpc) is 3.12. The van der Waals surface area contributed by atoms with E-state index < -0.39 is 4.92 Å². The van der Waals surface area contributed by atoms with Gasteiger partial charge in [-0.25, -0.2) is 9.67 Å². The molecule has 0 amide bonds. The molecule has 1 aromatic carbocycles. The summed E-state index contributed by atoms with van der Waals surface area (Å²) in [6.07, 6.45) is 4.80. The molecule has 9 nitrogen and oxygen atoms in total. The van der Waals surface area contributed by atoms with Crippen molar-refractivity contribution in [1.82, 2.24) is 29.8 Å². The highest BCUT2D eigenvalue weighted by atomic mass is 32.2. The molecule has 0 N–H and O–H groups in total. The molecule has 0 radical (unpaired) electrons. The van der Waals surface area contributed by atoms with Crippen LogP contribution in [-0.2, 0) is 7.05 Å². The summed E-state index contributed by atoms with van der Waals surface area (Å²) in [5.74, 6) is 0. The Bertz CT molecular complexity index is 784. The minimum Gasteiger partial charge on any atom is -0.329 e. The summed E-state index contributed by atoms with van der Waals surface area (Å²) in [5.41, 5.74) is 0.506. The van der Waals surface area contributed by atoms with E-state index in [9.17, 15) is 10.1 Å². The summed E-state index contributed by atoms with van der Waals surface area (Å²) >= 11 is 1.23. The maximum atomic E-state index is 11.3. The molecule has 0 bridgehead atoms. The Balaban J connectivity index is 2.01. The molecular weight excluding hydrogens is 294 g/mol. The summed E-state index contributed by atoms with van der Waals surface area (Å²) in [5, 5.41) is 22.7. The maximum Gasteiger partial charge on any atom is 0.285 e. The molecular formula is C11H9N7O2S. The standard InChI is InChI=1S/C11H9N7O2S/c1-16-5-4-12-11(16)21-10-3-2-8(6-9(10)18(19)20)17-7-13-14-15-17/h2-7H,1H3. The van der Waals surface area contributed by atoms with E-state index in [1.165, 1.54) is 28.8 Å². The van der Waals surface area contributed by atoms with Crippen LogP contribution in [0, 0.1) is 10.1 Å². The zero-order valence-electron chi connectivity index (χ0n) is 10.8. The molecule has 0 fully saturated rings. The maximum absolute atomic E-state index is 11.3. The van der Waals surface area contributed by atoms with Gasteiger partial charge in [-0.15, -0.1) is 5.10 Å². The quantitative estimate of drug-likeness (QED) is 0.530. The lowest BCUT2D eigenvalue weighted by Crippen LogP contribution is -1.99. The molecule has 0 spiro atoms. The number of aryl methyl sites for hydroxylation is 1. The van der Waals surface area contributed by atoms with Gasteiger partial charge in [-0.3, -0.25) is 10.1 Å². The first-order chi connectivity index (χ1) is 10.1. The number of imidazole rings is 1. The number of rotatable bonds is 4. The summed E-state index contributed by atoms with van der Waals surface area (Å²) in [7, 11) is 1.83. The molecule has 3 rings (SSSR count). The molecule has 0 aliphatic carbocycles. The van der Waals surface area contributed by atoms with Crippen molar-refractivity contribution >= 4 is 17.4 Å². The zero-order valence-corrected chi connectivity index (χ0v) is 11.6. The van der Waals surface area contributed by atoms with Crippen LogP contribution in [0.25, 0.3) is 5.69 Å². The van der Waals surface area contributed by atoms with E-state index in [1.54, 1.807) is 29.1 Å². The van der Waals surface area contributed by atoms with E-state index in [1.807, 2.05) is 7.05 Å². The van der Waals surface area contributed by atoms with Gasteiger partial charge in [0, 0.05) is 25.5 Å². The number of benzene rings is 1. The number of nitro benzene ring substituents is 1. The topological polar surface area (TPSA) is 105 Å². The second kappa shape index (κ2) is 5.32. The van der Waals surface area contributed by atoms with E-state index in [0.717, 1.165) is 0 Å². The largest absolute Gasteiger partial charge is 0.329 e. The number of nitro groups is 1. The summed E-state index contributed by atoms with van der Waals surface area (Å²) in [6, 6.07) is 4.81. The monoisotopic (exact) mass is 303 g/mol. The van der Waals surface area contributed by atoms with Crippen LogP contribution in [0.15, 0.2) is 47.0 Å². The summed E-state index contributed by atoms with van der Waals surface area (Å²) in [4.78, 5) is 15.5. The Hall–Kier alpha value is -2.75. The SMILES string of the molecule is Cn1ccnc1Sc1ccc(-n2cnnn2)cc1[N+](=O)[O-]. The fourth-order valence-corrected chi connectivity index (χ4v) is 2.59. The van der Waals surface area contributed by atoms with Crippen LogP contribution in [0.4, 0.5) is 5.69 Å². The predicted octanol–water partition coefficient (Wildman–Crippen LogP) is 1.46. The molecule has 0 unspecified atom stereocenters. The van der Waals surface area contributed by atoms with Crippen molar-refractivity contribution in [2.75, 3.05) is 0 Å². The van der Waals surface area contributed by atoms with E-state index in [2.05, 4.69) is 20.5 Å². The lowest BCUT2D eigenvalue weighted by molar-refractivity contribution is -0.387. The molecule has 2 aromatic heterocycles. The Morgan fingerprint density at radius 1 is 1.38 bits per heavy atom. The van der Waals surface area contributed by atoms with Gasteiger partial charge in [0.25, 0.3) is 5.69 Å². The Labute approximate surface area is 122 Å². The van der Waals surface area contributed by atoms with Gasteiger partial charge in [0.2, 0.25) is 0 Å². The summed E-state index contributed by atoms with van der Waals surface area (Å²) in [6.45, 7) is 0. The molecule has 0 atom stereocenters. The fourth-order valence-electron chi connectivity index (χ4n) is 1.71. The minimum absolute atomic E-state index is 0.0176. The van der Waals surface area contributed by atoms with Crippen molar-refractivity contribution in [3.63, 3.8) is 0 Å². The molecule has 0 aliphatic rings. The molecule has 106 valence electrons. The zero-order chi connectivity index (χ0) is 14.8. The second-order valence-electron chi connectivity index (χ2n) is 4.09. The molecule has 0 aliphatic heterocycles. The molecule has 0 saturated carbocycles. The van der Waals surface area contributed by atoms with Crippen LogP contribution in [0.3, 0.4) is 0 Å². The van der Waals surface area contributed by atoms with Gasteiger partial charge in [-0.05, 0) is 34.3 Å². The van der Waals surface area contributed by atoms with Crippen molar-refractivity contribution < 1.29 is 4.92 Å². The number of hydrogen-bond donors (Lipinski definition) is 0. The average molecular weight is 303 g/mol. The van der Waals surface area contributed by atoms with Crippen LogP contribution in [0.1, 0.15) is 0 Å². The third-order valence-corrected chi connectivity index (χ3v) is 3.87. The lowest BCUT2D eigenvalue weighted by atomic mass is 10.3. The Morgan fingerprint density at radius 2 is 2.24 bits per heavy atom. The highest BCUT2D eigenvalue weighted by molar-refractivity contribution is 7.99. The Kier molecular flexibility index (Phi) is 3.36. The molecule has 0 saturated heterocycles. The molecule has 10 heteroatoms. The van der Waals surface area contributed by atoms with E-state index >= 15 is 0 Å². The van der Waals surface area contributed by atoms with Gasteiger partial charge in [-0.1, -0.05) is 0 Å². The first kappa shape index (κ1) is 13.2. The van der Waals surface area contributed by atoms with Crippen LogP contribution in [0.5, 0.6) is 0 Å². The van der Waals surface area contributed by atoms with Crippen molar-refractivity contribution in [2.24, 2.45) is 7.05 Å². The minimum atomic E-state index is -0.431. The van der Waals surface area contributed by atoms with Gasteiger partial charge in [-0.2, -0.15) is 0 Å². The molecule has 21 heavy (non-hydrogen) atoms. The van der Waals surface area contributed by atoms with Gasteiger partial charge in [0.1, 0.15) is 6.33 Å². The van der Waals surface area contributed by atoms with Crippen molar-refractivity contribution in [1.29, 1.82) is 0 Å². The van der Waals surface area contributed by atoms with Gasteiger partial charge < -0.3 is 4.57 Å². The predicted molar refractivity (Wildman–Crippen MR) is 73.1 cm³/mol. The van der Waals surface area contributed by atoms with Crippen LogP contribution in [-0.4, -0.2) is 34.7 Å². The smallest absolute Gasteiger partial charge is 0.285 e. The number of nitrogens with zero attached hydrogens (tertiary/aromatic N) is 7. The number of aromatic nitrogens is 6. The first-order valence-electron chi connectivity index (χ1n) is 5.82. The van der Waals surface area contributed by atoms with Crippen LogP contribution < -0.4 is 0 Å². The van der Waals surface area contributed by atoms with E-state index in [-0.39, 0.29) is 5.69 Å². The van der Waals surface area contributed by atoms with Gasteiger partial charge in [0.05, 0.1) is 15.5 Å². The van der Waals surface area contributed by atoms with Gasteiger partial charge >= 0.3 is 0 Å². The third-order valence-electron chi connectivity index (χ3n) is 2.73. The van der Waals surface area contributed by atoms with E-state index in [4.69, 9.17) is 0 Å². The third kappa shape index (κ3) is 2.60. The van der Waals surface area contributed by atoms with Crippen molar-refractivity contribution in [3.05, 3.63) is 47.0 Å². The van der Waals surface area contributed by atoms with Crippen LogP contribution in [0.2, 0.25) is 0 Å². The van der Waals surface area contributed by atoms with Crippen LogP contribution >= 0.6 is 11.8 Å². The van der Waals surface area contributed by atoms with Gasteiger partial charge in [0.15, 0.2) is 5.16 Å². The molecule has 3 aromatic rings. The fraction of sp³-hybridized carbons (Fsp3) is 0.0909. The molecule has 2 heterocycles. The highest BCUT2D eigenvalue weighted by Crippen LogP contribution is 2.34. The second-order valence-corrected chi connectivity index (χ2v) is 5.10. The normalized spacial score (nSPS) is 10.7. The highest BCUT2D eigenvalue weighted by Gasteiger charge is 2.18. The number of tetrazole rings is 1. The van der Waals surface area contributed by atoms with Crippen molar-refractivity contribution in [3.8, 4) is 5.69 Å². The summed E-state index contributed by atoms with van der Waals surface area (Å²) < 4.78 is 3.16. The first-order valence-corrected chi connectivity index (χ1v) is 6.64.